The number of benzene rings is 4. The summed E-state index contributed by atoms with van der Waals surface area (Å²) in [6, 6.07) is 48.9. The van der Waals surface area contributed by atoms with E-state index in [9.17, 15) is 0 Å². The van der Waals surface area contributed by atoms with Crippen molar-refractivity contribution in [2.24, 2.45) is 0 Å². The molecule has 3 heteroatoms. The second-order valence-corrected chi connectivity index (χ2v) is 19.5. The van der Waals surface area contributed by atoms with Gasteiger partial charge in [-0.2, -0.15) is 6.07 Å². The number of hydrogen-bond acceptors (Lipinski definition) is 0. The van der Waals surface area contributed by atoms with Gasteiger partial charge in [-0.15, -0.1) is 18.8 Å². The summed E-state index contributed by atoms with van der Waals surface area (Å²) in [7, 11) is -0.974. The van der Waals surface area contributed by atoms with Crippen molar-refractivity contribution in [3.8, 4) is 0 Å². The Morgan fingerprint density at radius 1 is 0.558 bits per heavy atom. The van der Waals surface area contributed by atoms with Gasteiger partial charge in [-0.1, -0.05) is 121 Å². The molecule has 0 nitrogen and oxygen atoms in total. The fourth-order valence-electron chi connectivity index (χ4n) is 6.67. The van der Waals surface area contributed by atoms with E-state index in [0.717, 1.165) is 0 Å². The van der Waals surface area contributed by atoms with Gasteiger partial charge >= 0.3 is 0 Å². The van der Waals surface area contributed by atoms with Crippen LogP contribution in [0.5, 0.6) is 0 Å². The number of hydrogen-bond donors (Lipinski definition) is 0. The molecule has 0 saturated heterocycles. The van der Waals surface area contributed by atoms with Gasteiger partial charge in [-0.25, -0.2) is 12.1 Å². The topological polar surface area (TPSA) is 0 Å². The molecule has 1 unspecified atom stereocenters. The van der Waals surface area contributed by atoms with E-state index in [1.165, 1.54) is 37.5 Å². The van der Waals surface area contributed by atoms with Gasteiger partial charge in [0.1, 0.15) is 0 Å². The Morgan fingerprint density at radius 2 is 0.977 bits per heavy atom. The van der Waals surface area contributed by atoms with Gasteiger partial charge in [0.25, 0.3) is 0 Å². The van der Waals surface area contributed by atoms with Crippen molar-refractivity contribution in [2.75, 3.05) is 0 Å². The average molecular weight is 643 g/mol. The zero-order valence-electron chi connectivity index (χ0n) is 26.5. The van der Waals surface area contributed by atoms with Crippen molar-refractivity contribution in [2.45, 2.75) is 64.4 Å². The molecule has 0 aliphatic heterocycles. The molecule has 43 heavy (non-hydrogen) atoms. The van der Waals surface area contributed by atoms with Crippen LogP contribution in [0, 0.1) is 0 Å². The second-order valence-electron chi connectivity index (χ2n) is 13.1. The molecule has 0 aliphatic rings. The van der Waals surface area contributed by atoms with Crippen LogP contribution in [0.4, 0.5) is 0 Å². The van der Waals surface area contributed by atoms with Crippen LogP contribution in [0.25, 0.3) is 21.5 Å². The Bertz CT molecular complexity index is 1620. The van der Waals surface area contributed by atoms with E-state index in [1.54, 1.807) is 5.56 Å². The summed E-state index contributed by atoms with van der Waals surface area (Å²) in [4.78, 5) is 0. The Hall–Kier alpha value is -2.52. The van der Waals surface area contributed by atoms with Crippen molar-refractivity contribution in [3.05, 3.63) is 139 Å². The molecular formula is C40H44FeP2-6. The van der Waals surface area contributed by atoms with Gasteiger partial charge in [-0.3, -0.25) is 0 Å². The Morgan fingerprint density at radius 3 is 1.40 bits per heavy atom. The van der Waals surface area contributed by atoms with E-state index < -0.39 is 7.92 Å². The molecule has 0 spiro atoms. The van der Waals surface area contributed by atoms with Gasteiger partial charge in [0.05, 0.1) is 0 Å². The zero-order chi connectivity index (χ0) is 29.9. The summed E-state index contributed by atoms with van der Waals surface area (Å²) in [6.07, 6.45) is 0. The van der Waals surface area contributed by atoms with Gasteiger partial charge in [-0.05, 0) is 68.2 Å². The van der Waals surface area contributed by atoms with Crippen molar-refractivity contribution >= 4 is 53.3 Å². The Kier molecular flexibility index (Phi) is 10.9. The van der Waals surface area contributed by atoms with Crippen LogP contribution < -0.4 is 15.9 Å². The Labute approximate surface area is 272 Å². The molecule has 0 bridgehead atoms. The summed E-state index contributed by atoms with van der Waals surface area (Å²) >= 11 is 0. The molecule has 228 valence electrons. The maximum Gasteiger partial charge on any atom is 0 e. The Balaban J connectivity index is 0.000000641. The molecule has 6 aromatic carbocycles. The molecule has 0 radical (unpaired) electrons. The normalized spacial score (nSPS) is 12.7. The van der Waals surface area contributed by atoms with Crippen LogP contribution in [-0.4, -0.2) is 10.3 Å². The fourth-order valence-corrected chi connectivity index (χ4v) is 14.2. The largest absolute Gasteiger partial charge is 0.748 e. The van der Waals surface area contributed by atoms with Gasteiger partial charge < -0.3 is 30.3 Å². The first-order valence-electron chi connectivity index (χ1n) is 15.0. The summed E-state index contributed by atoms with van der Waals surface area (Å²) in [6.45, 7) is 17.2. The third-order valence-electron chi connectivity index (χ3n) is 7.89. The molecule has 6 rings (SSSR count). The van der Waals surface area contributed by atoms with E-state index in [2.05, 4.69) is 152 Å². The fraction of sp³-hybridized carbons (Fsp3) is 0.250. The maximum absolute atomic E-state index is 2.50. The minimum atomic E-state index is -0.695. The van der Waals surface area contributed by atoms with Crippen LogP contribution in [0.2, 0.25) is 0 Å². The quantitative estimate of drug-likeness (QED) is 0.0997. The molecule has 0 heterocycles. The van der Waals surface area contributed by atoms with Crippen LogP contribution in [-0.2, 0) is 17.1 Å². The molecular weight excluding hydrogens is 598 g/mol. The minimum absolute atomic E-state index is 0. The standard InChI is InChI=1S/C35H39P2.C5H5.Fe/c1-25(37(34(2,3)4)35(5,6)7)32-17-12-18-33(32)36(30-21-19-26-13-8-10-15-28(26)23-30)31-22-20-27-14-9-11-16-29(27)24-31;1-2-4-5-3-1;/h8-25H,1-7H3;1-5H;/q-1;-5;. The van der Waals surface area contributed by atoms with Crippen molar-refractivity contribution in [3.63, 3.8) is 0 Å². The first-order valence-corrected chi connectivity index (χ1v) is 17.8. The van der Waals surface area contributed by atoms with Crippen molar-refractivity contribution in [1.29, 1.82) is 0 Å². The van der Waals surface area contributed by atoms with E-state index in [4.69, 9.17) is 0 Å². The molecule has 6 aromatic rings. The van der Waals surface area contributed by atoms with Crippen LogP contribution in [0.15, 0.2) is 133 Å². The summed E-state index contributed by atoms with van der Waals surface area (Å²) in [5, 5.41) is 10.2. The van der Waals surface area contributed by atoms with E-state index in [1.807, 2.05) is 30.3 Å². The number of fused-ring (bicyclic) bond motifs is 2. The molecule has 0 amide bonds. The molecule has 0 fully saturated rings. The molecule has 0 aliphatic carbocycles. The first-order chi connectivity index (χ1) is 20.0. The third-order valence-corrected chi connectivity index (χ3v) is 14.3. The van der Waals surface area contributed by atoms with Crippen LogP contribution >= 0.6 is 15.8 Å². The van der Waals surface area contributed by atoms with E-state index >= 15 is 0 Å². The average Bonchev–Trinajstić information content (AvgIpc) is 3.68. The maximum atomic E-state index is 2.50. The first kappa shape index (κ1) is 33.4. The molecule has 1 atom stereocenters. The summed E-state index contributed by atoms with van der Waals surface area (Å²) in [5.41, 5.74) is 2.06. The predicted molar refractivity (Wildman–Crippen MR) is 193 cm³/mol. The van der Waals surface area contributed by atoms with E-state index in [0.29, 0.717) is 5.66 Å². The smallest absolute Gasteiger partial charge is 0 e. The second kappa shape index (κ2) is 14.1. The molecule has 0 N–H and O–H groups in total. The SMILES string of the molecule is CC([c-]1cccc1P(c1ccc2ccccc2c1)c1ccc2ccccc2c1)P(C(C)(C)C)C(C)(C)C.[Fe].[cH-]1[cH-][cH-][cH-][cH-]1. The van der Waals surface area contributed by atoms with Gasteiger partial charge in [0.2, 0.25) is 0 Å². The third kappa shape index (κ3) is 7.77. The van der Waals surface area contributed by atoms with Gasteiger partial charge in [0, 0.05) is 17.1 Å². The zero-order valence-corrected chi connectivity index (χ0v) is 29.4. The van der Waals surface area contributed by atoms with Crippen molar-refractivity contribution < 1.29 is 17.1 Å². The minimum Gasteiger partial charge on any atom is -0.748 e. The van der Waals surface area contributed by atoms with Gasteiger partial charge in [0.15, 0.2) is 0 Å². The summed E-state index contributed by atoms with van der Waals surface area (Å²) < 4.78 is 0. The molecule has 0 aromatic heterocycles. The number of rotatable bonds is 5. The summed E-state index contributed by atoms with van der Waals surface area (Å²) in [5.74, 6) is 0. The van der Waals surface area contributed by atoms with Crippen LogP contribution in [0.3, 0.4) is 0 Å². The van der Waals surface area contributed by atoms with Crippen molar-refractivity contribution in [1.82, 2.24) is 0 Å². The molecule has 0 saturated carbocycles. The monoisotopic (exact) mass is 642 g/mol. The van der Waals surface area contributed by atoms with Crippen LogP contribution in [0.1, 0.15) is 59.7 Å². The van der Waals surface area contributed by atoms with E-state index in [-0.39, 0.29) is 35.3 Å². The predicted octanol–water partition coefficient (Wildman–Crippen LogP) is 11.0.